The van der Waals surface area contributed by atoms with Crippen molar-refractivity contribution in [2.75, 3.05) is 32.9 Å². The van der Waals surface area contributed by atoms with Crippen molar-refractivity contribution in [2.24, 2.45) is 5.73 Å². The van der Waals surface area contributed by atoms with Gasteiger partial charge in [0.15, 0.2) is 0 Å². The number of hydrogen-bond acceptors (Lipinski definition) is 7. The van der Waals surface area contributed by atoms with Crippen LogP contribution in [0.15, 0.2) is 12.5 Å². The molecule has 1 amide bonds. The van der Waals surface area contributed by atoms with E-state index in [4.69, 9.17) is 15.2 Å². The maximum absolute atomic E-state index is 13.2. The molecule has 0 radical (unpaired) electrons. The molecule has 0 fully saturated rings. The Labute approximate surface area is 350 Å². The van der Waals surface area contributed by atoms with Gasteiger partial charge in [0, 0.05) is 38.3 Å². The number of hydrogen-bond donors (Lipinski definition) is 1. The highest BCUT2D eigenvalue weighted by Crippen LogP contribution is 2.16. The largest absolute Gasteiger partial charge is 0.462 e. The molecule has 9 heteroatoms. The summed E-state index contributed by atoms with van der Waals surface area (Å²) < 4.78 is 12.3. The second kappa shape index (κ2) is 39.2. The van der Waals surface area contributed by atoms with Gasteiger partial charge in [-0.3, -0.25) is 19.0 Å². The van der Waals surface area contributed by atoms with E-state index in [9.17, 15) is 14.4 Å². The Bertz CT molecular complexity index is 1040. The lowest BCUT2D eigenvalue weighted by Gasteiger charge is -2.23. The van der Waals surface area contributed by atoms with Crippen LogP contribution in [0.4, 0.5) is 0 Å². The number of nitrogens with two attached hydrogens (primary N) is 1. The van der Waals surface area contributed by atoms with Gasteiger partial charge in [-0.15, -0.1) is 0 Å². The van der Waals surface area contributed by atoms with Crippen molar-refractivity contribution in [3.05, 3.63) is 18.2 Å². The maximum atomic E-state index is 13.2. The van der Waals surface area contributed by atoms with Crippen LogP contribution in [0.2, 0.25) is 0 Å². The molecule has 0 bridgehead atoms. The molecule has 0 saturated carbocycles. The molecule has 1 atom stereocenters. The Morgan fingerprint density at radius 1 is 0.596 bits per heavy atom. The monoisotopic (exact) mass is 803 g/mol. The summed E-state index contributed by atoms with van der Waals surface area (Å²) in [5.74, 6) is -0.757. The zero-order valence-electron chi connectivity index (χ0n) is 37.6. The molecule has 1 rings (SSSR count). The number of imidazole rings is 1. The molecule has 0 aliphatic heterocycles. The van der Waals surface area contributed by atoms with Crippen LogP contribution in [0.25, 0.3) is 0 Å². The summed E-state index contributed by atoms with van der Waals surface area (Å²) >= 11 is 0. The van der Waals surface area contributed by atoms with E-state index in [-0.39, 0.29) is 38.1 Å². The molecule has 0 aliphatic rings. The maximum Gasteiger partial charge on any atom is 0.323 e. The average Bonchev–Trinajstić information content (AvgIpc) is 3.67. The van der Waals surface area contributed by atoms with Gasteiger partial charge in [0.25, 0.3) is 0 Å². The van der Waals surface area contributed by atoms with Crippen LogP contribution >= 0.6 is 0 Å². The van der Waals surface area contributed by atoms with Crippen molar-refractivity contribution < 1.29 is 23.9 Å². The Morgan fingerprint density at radius 3 is 1.33 bits per heavy atom. The van der Waals surface area contributed by atoms with Gasteiger partial charge < -0.3 is 20.1 Å². The van der Waals surface area contributed by atoms with Crippen molar-refractivity contribution in [1.82, 2.24) is 14.5 Å². The zero-order valence-corrected chi connectivity index (χ0v) is 37.6. The van der Waals surface area contributed by atoms with Crippen LogP contribution in [0.5, 0.6) is 0 Å². The first kappa shape index (κ1) is 52.8. The predicted molar refractivity (Wildman–Crippen MR) is 238 cm³/mol. The fourth-order valence-corrected chi connectivity index (χ4v) is 7.69. The number of ether oxygens (including phenoxy) is 2. The minimum Gasteiger partial charge on any atom is -0.462 e. The summed E-state index contributed by atoms with van der Waals surface area (Å²) in [7, 11) is 0. The van der Waals surface area contributed by atoms with E-state index in [0.29, 0.717) is 5.69 Å². The van der Waals surface area contributed by atoms with E-state index in [2.05, 4.69) is 18.8 Å². The number of aromatic nitrogens is 2. The fraction of sp³-hybridized carbons (Fsp3) is 0.875. The highest BCUT2D eigenvalue weighted by molar-refractivity contribution is 5.78. The molecule has 1 aromatic rings. The molecule has 0 aromatic carbocycles. The lowest BCUT2D eigenvalue weighted by Crippen LogP contribution is -2.37. The van der Waals surface area contributed by atoms with Crippen molar-refractivity contribution in [1.29, 1.82) is 0 Å². The number of unbranched alkanes of at least 4 members (excludes halogenated alkanes) is 30. The first-order valence-corrected chi connectivity index (χ1v) is 24.2. The normalized spacial score (nSPS) is 11.9. The van der Waals surface area contributed by atoms with E-state index in [0.717, 1.165) is 38.8 Å². The van der Waals surface area contributed by atoms with Gasteiger partial charge >= 0.3 is 5.97 Å². The summed E-state index contributed by atoms with van der Waals surface area (Å²) in [5.41, 5.74) is 6.58. The smallest absolute Gasteiger partial charge is 0.323 e. The third kappa shape index (κ3) is 31.4. The first-order valence-electron chi connectivity index (χ1n) is 24.2. The van der Waals surface area contributed by atoms with E-state index in [1.54, 1.807) is 0 Å². The van der Waals surface area contributed by atoms with E-state index < -0.39 is 12.0 Å². The molecular weight excluding hydrogens is 713 g/mol. The number of amides is 1. The molecule has 1 aromatic heterocycles. The molecule has 2 N–H and O–H groups in total. The van der Waals surface area contributed by atoms with Crippen LogP contribution in [0.3, 0.4) is 0 Å². The number of carbonyl (C=O) groups excluding carboxylic acids is 3. The predicted octanol–water partition coefficient (Wildman–Crippen LogP) is 12.3. The number of nitrogens with zero attached hydrogens (tertiary/aromatic N) is 3. The molecule has 57 heavy (non-hydrogen) atoms. The van der Waals surface area contributed by atoms with Crippen molar-refractivity contribution in [3.8, 4) is 0 Å². The SMILES string of the molecule is CCCCCCCCCCCCCCCCCCN(CCCCCCCCCCCCCCCCCC)C(=O)COCCOC(=O)C(N)Cc1cncn1C(C)=O. The first-order chi connectivity index (χ1) is 27.9. The second-order valence-electron chi connectivity index (χ2n) is 16.8. The summed E-state index contributed by atoms with van der Waals surface area (Å²) in [4.78, 5) is 43.3. The van der Waals surface area contributed by atoms with Gasteiger partial charge in [0.1, 0.15) is 25.6 Å². The van der Waals surface area contributed by atoms with Gasteiger partial charge in [-0.2, -0.15) is 0 Å². The molecule has 0 spiro atoms. The highest BCUT2D eigenvalue weighted by atomic mass is 16.6. The van der Waals surface area contributed by atoms with Crippen molar-refractivity contribution in [3.63, 3.8) is 0 Å². The summed E-state index contributed by atoms with van der Waals surface area (Å²) in [6.45, 7) is 7.68. The molecule has 0 saturated heterocycles. The molecular formula is C48H90N4O5. The fourth-order valence-electron chi connectivity index (χ4n) is 7.69. The molecule has 1 unspecified atom stereocenters. The quantitative estimate of drug-likeness (QED) is 0.0516. The van der Waals surface area contributed by atoms with E-state index in [1.165, 1.54) is 204 Å². The van der Waals surface area contributed by atoms with Gasteiger partial charge in [0.2, 0.25) is 11.8 Å². The Kier molecular flexibility index (Phi) is 36.3. The molecule has 1 heterocycles. The third-order valence-corrected chi connectivity index (χ3v) is 11.4. The summed E-state index contributed by atoms with van der Waals surface area (Å²) in [6.07, 6.45) is 45.8. The summed E-state index contributed by atoms with van der Waals surface area (Å²) in [5, 5.41) is 0. The van der Waals surface area contributed by atoms with Gasteiger partial charge in [-0.1, -0.05) is 206 Å². The van der Waals surface area contributed by atoms with Gasteiger partial charge in [-0.05, 0) is 12.8 Å². The third-order valence-electron chi connectivity index (χ3n) is 11.4. The number of carbonyl (C=O) groups is 3. The van der Waals surface area contributed by atoms with Crippen LogP contribution < -0.4 is 5.73 Å². The Hall–Kier alpha value is -2.26. The highest BCUT2D eigenvalue weighted by Gasteiger charge is 2.19. The van der Waals surface area contributed by atoms with Crippen molar-refractivity contribution in [2.45, 2.75) is 239 Å². The van der Waals surface area contributed by atoms with Crippen LogP contribution in [0, 0.1) is 0 Å². The average molecular weight is 803 g/mol. The number of rotatable bonds is 42. The van der Waals surface area contributed by atoms with Crippen LogP contribution in [0.1, 0.15) is 237 Å². The topological polar surface area (TPSA) is 117 Å². The van der Waals surface area contributed by atoms with E-state index >= 15 is 0 Å². The minimum atomic E-state index is -0.920. The Balaban J connectivity index is 2.27. The van der Waals surface area contributed by atoms with Gasteiger partial charge in [-0.25, -0.2) is 4.98 Å². The minimum absolute atomic E-state index is 0.0115. The summed E-state index contributed by atoms with van der Waals surface area (Å²) in [6, 6.07) is -0.920. The lowest BCUT2D eigenvalue weighted by molar-refractivity contribution is -0.147. The lowest BCUT2D eigenvalue weighted by atomic mass is 10.0. The van der Waals surface area contributed by atoms with Crippen molar-refractivity contribution >= 4 is 17.8 Å². The van der Waals surface area contributed by atoms with Gasteiger partial charge in [0.05, 0.1) is 6.61 Å². The zero-order chi connectivity index (χ0) is 41.4. The molecule has 0 aliphatic carbocycles. The second-order valence-corrected chi connectivity index (χ2v) is 16.8. The van der Waals surface area contributed by atoms with Crippen LogP contribution in [-0.4, -0.2) is 71.2 Å². The molecule has 332 valence electrons. The molecule has 9 nitrogen and oxygen atoms in total. The Morgan fingerprint density at radius 2 is 0.965 bits per heavy atom. The van der Waals surface area contributed by atoms with Crippen LogP contribution in [-0.2, 0) is 25.5 Å². The standard InChI is InChI=1S/C48H90N4O5/c1-4-6-8-10-12-14-16-18-20-22-24-26-28-30-32-34-36-51(37-35-33-31-29-27-25-23-21-19-17-15-13-11-9-7-5-2)47(54)42-56-38-39-57-48(55)46(49)40-45-41-50-43-52(45)44(3)53/h41,43,46H,4-40,42,49H2,1-3H3. The van der Waals surface area contributed by atoms with E-state index in [1.807, 2.05) is 4.90 Å². The number of esters is 1.